The van der Waals surface area contributed by atoms with E-state index in [1.54, 1.807) is 10.8 Å². The van der Waals surface area contributed by atoms with Gasteiger partial charge in [-0.1, -0.05) is 6.42 Å². The molecule has 0 aliphatic carbocycles. The Morgan fingerprint density at radius 1 is 1.29 bits per heavy atom. The number of nitrogens with one attached hydrogen (secondary N) is 1. The summed E-state index contributed by atoms with van der Waals surface area (Å²) in [5.74, 6) is -0.917. The van der Waals surface area contributed by atoms with Crippen molar-refractivity contribution in [1.29, 1.82) is 0 Å². The lowest BCUT2D eigenvalue weighted by atomic mass is 10.2. The Morgan fingerprint density at radius 2 is 2.00 bits per heavy atom. The van der Waals surface area contributed by atoms with Gasteiger partial charge in [-0.3, -0.25) is 14.3 Å². The second-order valence-electron chi connectivity index (χ2n) is 5.04. The van der Waals surface area contributed by atoms with E-state index in [1.807, 2.05) is 20.9 Å². The number of nitrogens with zero attached hydrogens (tertiary/aromatic N) is 2. The molecular formula is C15H23N3O3. The Morgan fingerprint density at radius 3 is 2.57 bits per heavy atom. The fourth-order valence-electron chi connectivity index (χ4n) is 2.04. The first-order valence-electron chi connectivity index (χ1n) is 7.09. The highest BCUT2D eigenvalue weighted by Crippen LogP contribution is 2.13. The lowest BCUT2D eigenvalue weighted by Crippen LogP contribution is -2.22. The summed E-state index contributed by atoms with van der Waals surface area (Å²) in [5.41, 5.74) is 2.88. The molecule has 1 aromatic heterocycles. The van der Waals surface area contributed by atoms with Crippen LogP contribution in [0.1, 0.15) is 42.6 Å². The monoisotopic (exact) mass is 293 g/mol. The number of hydrogen-bond donors (Lipinski definition) is 2. The average molecular weight is 293 g/mol. The van der Waals surface area contributed by atoms with Gasteiger partial charge in [0.2, 0.25) is 5.91 Å². The number of aromatic nitrogens is 2. The zero-order chi connectivity index (χ0) is 15.8. The van der Waals surface area contributed by atoms with Crippen LogP contribution in [0.5, 0.6) is 0 Å². The highest BCUT2D eigenvalue weighted by molar-refractivity contribution is 5.91. The minimum absolute atomic E-state index is 0.143. The summed E-state index contributed by atoms with van der Waals surface area (Å²) in [6.07, 6.45) is 5.71. The fraction of sp³-hybridized carbons (Fsp3) is 0.533. The third-order valence-corrected chi connectivity index (χ3v) is 3.33. The van der Waals surface area contributed by atoms with E-state index in [0.717, 1.165) is 29.8 Å². The molecule has 1 amide bonds. The number of aliphatic carboxylic acids is 1. The molecule has 116 valence electrons. The van der Waals surface area contributed by atoms with Crippen LogP contribution >= 0.6 is 0 Å². The quantitative estimate of drug-likeness (QED) is 0.565. The maximum Gasteiger partial charge on any atom is 0.303 e. The van der Waals surface area contributed by atoms with Crippen LogP contribution in [0.15, 0.2) is 6.08 Å². The molecule has 0 bridgehead atoms. The van der Waals surface area contributed by atoms with Crippen LogP contribution < -0.4 is 5.32 Å². The van der Waals surface area contributed by atoms with Crippen molar-refractivity contribution in [2.24, 2.45) is 7.05 Å². The van der Waals surface area contributed by atoms with Gasteiger partial charge < -0.3 is 10.4 Å². The first kappa shape index (κ1) is 16.9. The van der Waals surface area contributed by atoms with Crippen molar-refractivity contribution in [3.05, 3.63) is 23.0 Å². The van der Waals surface area contributed by atoms with Gasteiger partial charge in [-0.05, 0) is 32.8 Å². The predicted molar refractivity (Wildman–Crippen MR) is 80.8 cm³/mol. The lowest BCUT2D eigenvalue weighted by molar-refractivity contribution is -0.137. The smallest absolute Gasteiger partial charge is 0.303 e. The topological polar surface area (TPSA) is 84.2 Å². The van der Waals surface area contributed by atoms with Crippen molar-refractivity contribution in [3.63, 3.8) is 0 Å². The number of carbonyl (C=O) groups is 2. The van der Waals surface area contributed by atoms with Crippen LogP contribution in [0.3, 0.4) is 0 Å². The van der Waals surface area contributed by atoms with Crippen molar-refractivity contribution in [1.82, 2.24) is 15.1 Å². The largest absolute Gasteiger partial charge is 0.481 e. The standard InChI is InChI=1S/C15H23N3O3/c1-11-13(12(2)18(3)17-11)8-9-14(19)16-10-6-4-5-7-15(20)21/h8-9H,4-7,10H2,1-3H3,(H,16,19)(H,20,21)/b9-8+. The van der Waals surface area contributed by atoms with Gasteiger partial charge in [-0.15, -0.1) is 0 Å². The summed E-state index contributed by atoms with van der Waals surface area (Å²) < 4.78 is 1.79. The molecule has 0 radical (unpaired) electrons. The van der Waals surface area contributed by atoms with E-state index < -0.39 is 5.97 Å². The molecule has 0 saturated heterocycles. The fourth-order valence-corrected chi connectivity index (χ4v) is 2.04. The predicted octanol–water partition coefficient (Wildman–Crippen LogP) is 1.81. The maximum absolute atomic E-state index is 11.7. The maximum atomic E-state index is 11.7. The van der Waals surface area contributed by atoms with Crippen LogP contribution in [0.2, 0.25) is 0 Å². The molecule has 0 aliphatic rings. The first-order valence-corrected chi connectivity index (χ1v) is 7.09. The molecule has 1 rings (SSSR count). The Kier molecular flexibility index (Phi) is 6.65. The van der Waals surface area contributed by atoms with Crippen molar-refractivity contribution in [3.8, 4) is 0 Å². The van der Waals surface area contributed by atoms with Gasteiger partial charge in [-0.25, -0.2) is 0 Å². The summed E-state index contributed by atoms with van der Waals surface area (Å²) in [6.45, 7) is 4.43. The van der Waals surface area contributed by atoms with Gasteiger partial charge >= 0.3 is 5.97 Å². The zero-order valence-electron chi connectivity index (χ0n) is 12.8. The molecule has 2 N–H and O–H groups in total. The molecular weight excluding hydrogens is 270 g/mol. The molecule has 0 unspecified atom stereocenters. The van der Waals surface area contributed by atoms with Gasteiger partial charge in [-0.2, -0.15) is 5.10 Å². The van der Waals surface area contributed by atoms with Gasteiger partial charge in [0.05, 0.1) is 5.69 Å². The van der Waals surface area contributed by atoms with E-state index in [2.05, 4.69) is 10.4 Å². The second kappa shape index (κ2) is 8.24. The molecule has 1 aromatic rings. The molecule has 21 heavy (non-hydrogen) atoms. The van der Waals surface area contributed by atoms with Crippen LogP contribution in [0.25, 0.3) is 6.08 Å². The number of aryl methyl sites for hydroxylation is 2. The van der Waals surface area contributed by atoms with Crippen molar-refractivity contribution in [2.45, 2.75) is 39.5 Å². The molecule has 0 aromatic carbocycles. The highest BCUT2D eigenvalue weighted by Gasteiger charge is 2.06. The van der Waals surface area contributed by atoms with Crippen LogP contribution in [-0.2, 0) is 16.6 Å². The van der Waals surface area contributed by atoms with E-state index in [0.29, 0.717) is 13.0 Å². The van der Waals surface area contributed by atoms with Crippen LogP contribution in [0.4, 0.5) is 0 Å². The number of carboxylic acids is 1. The van der Waals surface area contributed by atoms with Crippen LogP contribution in [0, 0.1) is 13.8 Å². The van der Waals surface area contributed by atoms with E-state index in [9.17, 15) is 9.59 Å². The zero-order valence-corrected chi connectivity index (χ0v) is 12.8. The Balaban J connectivity index is 2.30. The van der Waals surface area contributed by atoms with Gasteiger partial charge in [0, 0.05) is 37.3 Å². The number of carboxylic acid groups (broad SMARTS) is 1. The van der Waals surface area contributed by atoms with E-state index in [-0.39, 0.29) is 12.3 Å². The molecule has 0 aliphatic heterocycles. The molecule has 0 saturated carbocycles. The summed E-state index contributed by atoms with van der Waals surface area (Å²) >= 11 is 0. The first-order chi connectivity index (χ1) is 9.91. The Bertz CT molecular complexity index is 533. The molecule has 1 heterocycles. The van der Waals surface area contributed by atoms with E-state index in [4.69, 9.17) is 5.11 Å². The normalized spacial score (nSPS) is 11.0. The number of carbonyl (C=O) groups excluding carboxylic acids is 1. The highest BCUT2D eigenvalue weighted by atomic mass is 16.4. The van der Waals surface area contributed by atoms with Gasteiger partial charge in [0.15, 0.2) is 0 Å². The summed E-state index contributed by atoms with van der Waals surface area (Å²) in [6, 6.07) is 0. The number of rotatable bonds is 8. The SMILES string of the molecule is Cc1nn(C)c(C)c1/C=C/C(=O)NCCCCCC(=O)O. The minimum atomic E-state index is -0.774. The lowest BCUT2D eigenvalue weighted by Gasteiger charge is -2.01. The van der Waals surface area contributed by atoms with Crippen molar-refractivity contribution in [2.75, 3.05) is 6.54 Å². The number of unbranched alkanes of at least 4 members (excludes halogenated alkanes) is 2. The summed E-state index contributed by atoms with van der Waals surface area (Å²) in [5, 5.41) is 15.6. The Hall–Kier alpha value is -2.11. The van der Waals surface area contributed by atoms with Crippen molar-refractivity contribution < 1.29 is 14.7 Å². The van der Waals surface area contributed by atoms with Gasteiger partial charge in [0.1, 0.15) is 0 Å². The molecule has 0 atom stereocenters. The average Bonchev–Trinajstić information content (AvgIpc) is 2.65. The van der Waals surface area contributed by atoms with Crippen LogP contribution in [-0.4, -0.2) is 33.3 Å². The number of amides is 1. The molecule has 6 heteroatoms. The Labute approximate surface area is 124 Å². The van der Waals surface area contributed by atoms with Gasteiger partial charge in [0.25, 0.3) is 0 Å². The third-order valence-electron chi connectivity index (χ3n) is 3.33. The third kappa shape index (κ3) is 5.81. The molecule has 0 spiro atoms. The molecule has 6 nitrogen and oxygen atoms in total. The van der Waals surface area contributed by atoms with Crippen molar-refractivity contribution >= 4 is 18.0 Å². The summed E-state index contributed by atoms with van der Waals surface area (Å²) in [4.78, 5) is 22.0. The van der Waals surface area contributed by atoms with E-state index in [1.165, 1.54) is 6.08 Å². The second-order valence-corrected chi connectivity index (χ2v) is 5.04. The minimum Gasteiger partial charge on any atom is -0.481 e. The summed E-state index contributed by atoms with van der Waals surface area (Å²) in [7, 11) is 1.87. The van der Waals surface area contributed by atoms with E-state index >= 15 is 0 Å². The molecule has 0 fully saturated rings. The number of hydrogen-bond acceptors (Lipinski definition) is 3.